The van der Waals surface area contributed by atoms with Crippen molar-refractivity contribution in [3.05, 3.63) is 78.1 Å². The average Bonchev–Trinajstić information content (AvgIpc) is 3.48. The summed E-state index contributed by atoms with van der Waals surface area (Å²) in [6, 6.07) is 18.2. The van der Waals surface area contributed by atoms with E-state index in [0.717, 1.165) is 29.6 Å². The predicted molar refractivity (Wildman–Crippen MR) is 142 cm³/mol. The van der Waals surface area contributed by atoms with E-state index in [-0.39, 0.29) is 18.4 Å². The lowest BCUT2D eigenvalue weighted by atomic mass is 10.00. The van der Waals surface area contributed by atoms with Crippen molar-refractivity contribution in [2.45, 2.75) is 58.7 Å². The zero-order chi connectivity index (χ0) is 25.9. The summed E-state index contributed by atoms with van der Waals surface area (Å²) in [7, 11) is 1.88. The Morgan fingerprint density at radius 1 is 1.03 bits per heavy atom. The molecule has 4 rings (SSSR count). The van der Waals surface area contributed by atoms with Crippen molar-refractivity contribution in [2.75, 3.05) is 4.90 Å². The van der Waals surface area contributed by atoms with E-state index in [4.69, 9.17) is 0 Å². The molecule has 1 atom stereocenters. The number of hydrogen-bond donors (Lipinski definition) is 1. The molecule has 8 heteroatoms. The summed E-state index contributed by atoms with van der Waals surface area (Å²) in [4.78, 5) is 29.5. The minimum absolute atomic E-state index is 0.0542. The molecule has 0 aliphatic rings. The zero-order valence-corrected chi connectivity index (χ0v) is 21.6. The Morgan fingerprint density at radius 2 is 1.75 bits per heavy atom. The number of carbonyl (C=O) groups excluding carboxylic acids is 2. The van der Waals surface area contributed by atoms with Crippen molar-refractivity contribution in [1.29, 1.82) is 0 Å². The van der Waals surface area contributed by atoms with Crippen LogP contribution in [0.25, 0.3) is 11.0 Å². The van der Waals surface area contributed by atoms with Crippen LogP contribution in [0.5, 0.6) is 0 Å². The molecule has 188 valence electrons. The van der Waals surface area contributed by atoms with Gasteiger partial charge in [0.05, 0.1) is 11.2 Å². The van der Waals surface area contributed by atoms with Gasteiger partial charge in [0, 0.05) is 24.5 Å². The third kappa shape index (κ3) is 5.17. The van der Waals surface area contributed by atoms with Gasteiger partial charge < -0.3 is 9.88 Å². The minimum Gasteiger partial charge on any atom is -0.352 e. The fraction of sp³-hybridized carbons (Fsp3) is 0.357. The van der Waals surface area contributed by atoms with Gasteiger partial charge in [-0.3, -0.25) is 14.5 Å². The molecule has 0 bridgehead atoms. The number of aryl methyl sites for hydroxylation is 2. The first-order chi connectivity index (χ1) is 17.2. The molecule has 0 aliphatic carbocycles. The van der Waals surface area contributed by atoms with E-state index in [1.54, 1.807) is 9.58 Å². The average molecular weight is 487 g/mol. The first-order valence-electron chi connectivity index (χ1n) is 12.4. The van der Waals surface area contributed by atoms with Crippen LogP contribution in [0.2, 0.25) is 0 Å². The number of amides is 2. The molecule has 0 saturated heterocycles. The first-order valence-corrected chi connectivity index (χ1v) is 12.4. The van der Waals surface area contributed by atoms with Gasteiger partial charge in [0.15, 0.2) is 6.04 Å². The Morgan fingerprint density at radius 3 is 2.39 bits per heavy atom. The molecule has 0 fully saturated rings. The summed E-state index contributed by atoms with van der Waals surface area (Å²) < 4.78 is 3.47. The number of nitrogens with zero attached hydrogens (tertiary/aromatic N) is 5. The van der Waals surface area contributed by atoms with Gasteiger partial charge >= 0.3 is 0 Å². The maximum atomic E-state index is 14.0. The van der Waals surface area contributed by atoms with Crippen LogP contribution in [-0.2, 0) is 29.6 Å². The normalized spacial score (nSPS) is 12.5. The second-order valence-corrected chi connectivity index (χ2v) is 9.69. The molecule has 36 heavy (non-hydrogen) atoms. The number of anilines is 1. The van der Waals surface area contributed by atoms with Gasteiger partial charge in [0.1, 0.15) is 12.1 Å². The number of carbonyl (C=O) groups is 2. The highest BCUT2D eigenvalue weighted by Gasteiger charge is 2.36. The van der Waals surface area contributed by atoms with E-state index < -0.39 is 11.6 Å². The first kappa shape index (κ1) is 25.2. The van der Waals surface area contributed by atoms with Crippen LogP contribution < -0.4 is 10.2 Å². The van der Waals surface area contributed by atoms with E-state index in [0.29, 0.717) is 11.2 Å². The zero-order valence-electron chi connectivity index (χ0n) is 21.6. The van der Waals surface area contributed by atoms with Crippen LogP contribution in [0.1, 0.15) is 51.4 Å². The summed E-state index contributed by atoms with van der Waals surface area (Å²) in [5.41, 5.74) is 3.57. The van der Waals surface area contributed by atoms with E-state index in [1.807, 2.05) is 99.2 Å². The highest BCUT2D eigenvalue weighted by Crippen LogP contribution is 2.30. The van der Waals surface area contributed by atoms with Crippen molar-refractivity contribution in [3.8, 4) is 0 Å². The Kier molecular flexibility index (Phi) is 7.24. The molecule has 0 aliphatic heterocycles. The molecule has 2 aromatic heterocycles. The maximum absolute atomic E-state index is 14.0. The number of nitrogens with one attached hydrogen (secondary N) is 1. The second kappa shape index (κ2) is 10.4. The van der Waals surface area contributed by atoms with Crippen molar-refractivity contribution < 1.29 is 9.59 Å². The lowest BCUT2D eigenvalue weighted by Gasteiger charge is -2.34. The second-order valence-electron chi connectivity index (χ2n) is 9.69. The minimum atomic E-state index is -0.870. The quantitative estimate of drug-likeness (QED) is 0.380. The number of aromatic nitrogens is 4. The molecule has 8 nitrogen and oxygen atoms in total. The van der Waals surface area contributed by atoms with Crippen molar-refractivity contribution in [1.82, 2.24) is 24.9 Å². The molecule has 2 heterocycles. The molecule has 2 amide bonds. The Bertz CT molecular complexity index is 1350. The van der Waals surface area contributed by atoms with Crippen molar-refractivity contribution >= 4 is 28.5 Å². The van der Waals surface area contributed by atoms with E-state index in [1.165, 1.54) is 0 Å². The lowest BCUT2D eigenvalue weighted by Crippen LogP contribution is -2.51. The number of rotatable bonds is 9. The topological polar surface area (TPSA) is 85.1 Å². The highest BCUT2D eigenvalue weighted by molar-refractivity contribution is 6.01. The molecule has 4 aromatic rings. The summed E-state index contributed by atoms with van der Waals surface area (Å²) in [6.07, 6.45) is 3.52. The fourth-order valence-electron chi connectivity index (χ4n) is 4.20. The molecule has 0 radical (unpaired) electrons. The van der Waals surface area contributed by atoms with Crippen LogP contribution in [0.15, 0.2) is 66.9 Å². The molecular formula is C28H34N6O2. The summed E-state index contributed by atoms with van der Waals surface area (Å²) in [5, 5.41) is 11.6. The molecule has 0 spiro atoms. The molecule has 1 N–H and O–H groups in total. The van der Waals surface area contributed by atoms with Gasteiger partial charge in [-0.1, -0.05) is 43.3 Å². The molecule has 2 aromatic carbocycles. The van der Waals surface area contributed by atoms with Gasteiger partial charge in [0.2, 0.25) is 11.8 Å². The monoisotopic (exact) mass is 486 g/mol. The van der Waals surface area contributed by atoms with Gasteiger partial charge in [-0.25, -0.2) is 4.68 Å². The van der Waals surface area contributed by atoms with Gasteiger partial charge in [-0.05, 0) is 68.7 Å². The van der Waals surface area contributed by atoms with Crippen LogP contribution in [0.3, 0.4) is 0 Å². The van der Waals surface area contributed by atoms with Crippen LogP contribution >= 0.6 is 0 Å². The Hall–Kier alpha value is -3.94. The number of fused-ring (bicyclic) bond motifs is 1. The maximum Gasteiger partial charge on any atom is 0.249 e. The standard InChI is InChI=1S/C28H34N6O2/c1-6-20-14-16-21(17-15-20)34(25(35)19-33-23-12-9-8-11-22(23)30-31-33)26(24-13-10-18-32(24)5)27(36)29-28(3,4)7-2/h8-18,26H,6-7,19H2,1-5H3,(H,29,36). The lowest BCUT2D eigenvalue weighted by molar-refractivity contribution is -0.128. The predicted octanol–water partition coefficient (Wildman–Crippen LogP) is 4.41. The number of benzene rings is 2. The van der Waals surface area contributed by atoms with Gasteiger partial charge in [0.25, 0.3) is 0 Å². The van der Waals surface area contributed by atoms with Gasteiger partial charge in [-0.2, -0.15) is 0 Å². The fourth-order valence-corrected chi connectivity index (χ4v) is 4.20. The van der Waals surface area contributed by atoms with Crippen LogP contribution in [0.4, 0.5) is 5.69 Å². The Balaban J connectivity index is 1.81. The summed E-state index contributed by atoms with van der Waals surface area (Å²) in [5.74, 6) is -0.495. The third-order valence-corrected chi connectivity index (χ3v) is 6.71. The molecule has 0 saturated carbocycles. The van der Waals surface area contributed by atoms with E-state index in [2.05, 4.69) is 22.6 Å². The van der Waals surface area contributed by atoms with Crippen molar-refractivity contribution in [2.24, 2.45) is 7.05 Å². The third-order valence-electron chi connectivity index (χ3n) is 6.71. The van der Waals surface area contributed by atoms with E-state index >= 15 is 0 Å². The number of hydrogen-bond acceptors (Lipinski definition) is 4. The molecule has 1 unspecified atom stereocenters. The molecular weight excluding hydrogens is 452 g/mol. The van der Waals surface area contributed by atoms with Crippen molar-refractivity contribution in [3.63, 3.8) is 0 Å². The van der Waals surface area contributed by atoms with E-state index in [9.17, 15) is 9.59 Å². The highest BCUT2D eigenvalue weighted by atomic mass is 16.2. The van der Waals surface area contributed by atoms with Gasteiger partial charge in [-0.15, -0.1) is 5.10 Å². The largest absolute Gasteiger partial charge is 0.352 e. The SMILES string of the molecule is CCc1ccc(N(C(=O)Cn2nnc3ccccc32)C(C(=O)NC(C)(C)CC)c2cccn2C)cc1. The smallest absolute Gasteiger partial charge is 0.249 e. The van der Waals surface area contributed by atoms with Crippen LogP contribution in [-0.4, -0.2) is 36.9 Å². The number of para-hydroxylation sites is 1. The summed E-state index contributed by atoms with van der Waals surface area (Å²) in [6.45, 7) is 8.02. The Labute approximate surface area is 211 Å². The van der Waals surface area contributed by atoms with Crippen LogP contribution in [0, 0.1) is 0 Å². The summed E-state index contributed by atoms with van der Waals surface area (Å²) >= 11 is 0.